The smallest absolute Gasteiger partial charge is 0.408 e. The van der Waals surface area contributed by atoms with Crippen LogP contribution in [-0.4, -0.2) is 47.5 Å². The lowest BCUT2D eigenvalue weighted by Gasteiger charge is -2.30. The maximum absolute atomic E-state index is 13.0. The number of nitrogens with one attached hydrogen (secondary N) is 2. The fourth-order valence-corrected chi connectivity index (χ4v) is 2.90. The van der Waals surface area contributed by atoms with Crippen LogP contribution >= 0.6 is 0 Å². The van der Waals surface area contributed by atoms with Crippen molar-refractivity contribution < 1.29 is 19.1 Å². The van der Waals surface area contributed by atoms with Crippen LogP contribution < -0.4 is 10.6 Å². The Morgan fingerprint density at radius 1 is 1.20 bits per heavy atom. The van der Waals surface area contributed by atoms with Crippen molar-refractivity contribution in [3.8, 4) is 6.07 Å². The van der Waals surface area contributed by atoms with E-state index in [1.165, 1.54) is 4.90 Å². The number of rotatable bonds is 9. The third-order valence-corrected chi connectivity index (χ3v) is 4.13. The number of nitrogens with zero attached hydrogens (tertiary/aromatic N) is 2. The predicted octanol–water partition coefficient (Wildman–Crippen LogP) is 2.91. The number of carbonyl (C=O) groups excluding carboxylic acids is 3. The van der Waals surface area contributed by atoms with Crippen LogP contribution in [0.3, 0.4) is 0 Å². The number of carbonyl (C=O) groups is 3. The molecule has 3 amide bonds. The van der Waals surface area contributed by atoms with E-state index in [9.17, 15) is 19.6 Å². The van der Waals surface area contributed by atoms with Gasteiger partial charge in [-0.05, 0) is 39.7 Å². The largest absolute Gasteiger partial charge is 0.444 e. The predicted molar refractivity (Wildman–Crippen MR) is 113 cm³/mol. The second kappa shape index (κ2) is 11.8. The highest BCUT2D eigenvalue weighted by atomic mass is 16.6. The van der Waals surface area contributed by atoms with Crippen molar-refractivity contribution in [1.29, 1.82) is 5.26 Å². The monoisotopic (exact) mass is 416 g/mol. The molecule has 1 aromatic rings. The molecule has 0 saturated carbocycles. The lowest BCUT2D eigenvalue weighted by molar-refractivity contribution is -0.139. The number of hydrogen-bond acceptors (Lipinski definition) is 5. The minimum atomic E-state index is -0.988. The number of amides is 3. The molecule has 0 aliphatic heterocycles. The molecule has 0 saturated heterocycles. The minimum absolute atomic E-state index is 0.0763. The lowest BCUT2D eigenvalue weighted by Crippen LogP contribution is -2.49. The van der Waals surface area contributed by atoms with E-state index in [-0.39, 0.29) is 18.5 Å². The molecular weight excluding hydrogens is 384 g/mol. The van der Waals surface area contributed by atoms with Crippen LogP contribution in [-0.2, 0) is 14.3 Å². The average Bonchev–Trinajstić information content (AvgIpc) is 2.65. The second-order valence-corrected chi connectivity index (χ2v) is 8.05. The molecule has 0 aliphatic carbocycles. The van der Waals surface area contributed by atoms with Crippen molar-refractivity contribution in [2.24, 2.45) is 0 Å². The molecular formula is C22H32N4O4. The van der Waals surface area contributed by atoms with Gasteiger partial charge in [-0.15, -0.1) is 0 Å². The van der Waals surface area contributed by atoms with Gasteiger partial charge in [0, 0.05) is 6.04 Å². The summed E-state index contributed by atoms with van der Waals surface area (Å²) in [5.41, 5.74) is -0.124. The van der Waals surface area contributed by atoms with Crippen molar-refractivity contribution >= 4 is 17.9 Å². The van der Waals surface area contributed by atoms with E-state index in [0.29, 0.717) is 5.56 Å². The Labute approximate surface area is 178 Å². The molecule has 2 N–H and O–H groups in total. The van der Waals surface area contributed by atoms with Gasteiger partial charge in [0.15, 0.2) is 0 Å². The Kier molecular flexibility index (Phi) is 9.82. The molecule has 0 fully saturated rings. The van der Waals surface area contributed by atoms with E-state index in [4.69, 9.17) is 4.74 Å². The molecule has 8 nitrogen and oxygen atoms in total. The number of hydrogen-bond donors (Lipinski definition) is 2. The summed E-state index contributed by atoms with van der Waals surface area (Å²) in [6.07, 6.45) is 0.947. The first-order chi connectivity index (χ1) is 14.1. The Balaban J connectivity index is 3.06. The topological polar surface area (TPSA) is 112 Å². The molecule has 0 heterocycles. The second-order valence-electron chi connectivity index (χ2n) is 8.05. The molecule has 0 aliphatic rings. The molecule has 0 aromatic heterocycles. The van der Waals surface area contributed by atoms with Gasteiger partial charge in [-0.3, -0.25) is 9.59 Å². The van der Waals surface area contributed by atoms with E-state index in [1.807, 2.05) is 19.9 Å². The molecule has 0 spiro atoms. The normalized spacial score (nSPS) is 12.8. The fourth-order valence-electron chi connectivity index (χ4n) is 2.90. The Bertz CT molecular complexity index is 753. The summed E-state index contributed by atoms with van der Waals surface area (Å²) in [5, 5.41) is 14.6. The number of nitriles is 1. The van der Waals surface area contributed by atoms with E-state index in [1.54, 1.807) is 51.1 Å². The Hall–Kier alpha value is -3.08. The first-order valence-corrected chi connectivity index (χ1v) is 10.1. The highest BCUT2D eigenvalue weighted by Gasteiger charge is 2.32. The van der Waals surface area contributed by atoms with Gasteiger partial charge >= 0.3 is 6.09 Å². The van der Waals surface area contributed by atoms with Crippen molar-refractivity contribution in [3.63, 3.8) is 0 Å². The molecule has 164 valence electrons. The van der Waals surface area contributed by atoms with Crippen molar-refractivity contribution in [2.45, 2.75) is 65.1 Å². The van der Waals surface area contributed by atoms with E-state index in [0.717, 1.165) is 12.8 Å². The summed E-state index contributed by atoms with van der Waals surface area (Å²) in [6, 6.07) is 9.67. The van der Waals surface area contributed by atoms with Gasteiger partial charge in [0.2, 0.25) is 11.8 Å². The summed E-state index contributed by atoms with van der Waals surface area (Å²) in [7, 11) is 0. The summed E-state index contributed by atoms with van der Waals surface area (Å²) in [4.78, 5) is 39.0. The first kappa shape index (κ1) is 25.0. The standard InChI is InChI=1S/C22H32N4O4/c1-6-10-16(2)25-20(28)19(17-11-8-7-9-12-17)26(14-13-23)18(27)15-24-21(29)30-22(3,4)5/h7-9,11-12,16,19H,6,10,14-15H2,1-5H3,(H,24,29)(H,25,28). The molecule has 8 heteroatoms. The van der Waals surface area contributed by atoms with Crippen LogP contribution in [0.15, 0.2) is 30.3 Å². The van der Waals surface area contributed by atoms with Crippen LogP contribution in [0.5, 0.6) is 0 Å². The third-order valence-electron chi connectivity index (χ3n) is 4.13. The van der Waals surface area contributed by atoms with Crippen LogP contribution in [0, 0.1) is 11.3 Å². The van der Waals surface area contributed by atoms with Crippen LogP contribution in [0.1, 0.15) is 59.1 Å². The van der Waals surface area contributed by atoms with Gasteiger partial charge < -0.3 is 20.3 Å². The van der Waals surface area contributed by atoms with Crippen molar-refractivity contribution in [3.05, 3.63) is 35.9 Å². The van der Waals surface area contributed by atoms with Gasteiger partial charge in [-0.2, -0.15) is 5.26 Å². The van der Waals surface area contributed by atoms with Crippen molar-refractivity contribution in [2.75, 3.05) is 13.1 Å². The van der Waals surface area contributed by atoms with Crippen LogP contribution in [0.25, 0.3) is 0 Å². The number of benzene rings is 1. The molecule has 2 atom stereocenters. The van der Waals surface area contributed by atoms with Crippen LogP contribution in [0.4, 0.5) is 4.79 Å². The SMILES string of the molecule is CCCC(C)NC(=O)C(c1ccccc1)N(CC#N)C(=O)CNC(=O)OC(C)(C)C. The van der Waals surface area contributed by atoms with Gasteiger partial charge in [0.1, 0.15) is 24.7 Å². The zero-order valence-corrected chi connectivity index (χ0v) is 18.4. The lowest BCUT2D eigenvalue weighted by atomic mass is 10.0. The number of alkyl carbamates (subject to hydrolysis) is 1. The van der Waals surface area contributed by atoms with E-state index in [2.05, 4.69) is 10.6 Å². The molecule has 0 bridgehead atoms. The molecule has 30 heavy (non-hydrogen) atoms. The summed E-state index contributed by atoms with van der Waals surface area (Å²) < 4.78 is 5.13. The number of ether oxygens (including phenoxy) is 1. The Morgan fingerprint density at radius 3 is 2.37 bits per heavy atom. The zero-order valence-electron chi connectivity index (χ0n) is 18.4. The van der Waals surface area contributed by atoms with Gasteiger partial charge in [0.05, 0.1) is 6.07 Å². The highest BCUT2D eigenvalue weighted by Crippen LogP contribution is 2.21. The molecule has 1 aromatic carbocycles. The summed E-state index contributed by atoms with van der Waals surface area (Å²) in [6.45, 7) is 8.35. The third kappa shape index (κ3) is 8.52. The van der Waals surface area contributed by atoms with Gasteiger partial charge in [0.25, 0.3) is 0 Å². The zero-order chi connectivity index (χ0) is 22.7. The average molecular weight is 417 g/mol. The summed E-state index contributed by atoms with van der Waals surface area (Å²) >= 11 is 0. The first-order valence-electron chi connectivity index (χ1n) is 10.1. The molecule has 2 unspecified atom stereocenters. The van der Waals surface area contributed by atoms with Gasteiger partial charge in [-0.25, -0.2) is 4.79 Å². The van der Waals surface area contributed by atoms with Gasteiger partial charge in [-0.1, -0.05) is 43.7 Å². The maximum Gasteiger partial charge on any atom is 0.408 e. The fraction of sp³-hybridized carbons (Fsp3) is 0.545. The molecule has 1 rings (SSSR count). The summed E-state index contributed by atoms with van der Waals surface area (Å²) in [5.74, 6) is -0.933. The van der Waals surface area contributed by atoms with E-state index < -0.39 is 30.2 Å². The molecule has 0 radical (unpaired) electrons. The Morgan fingerprint density at radius 2 is 1.83 bits per heavy atom. The van der Waals surface area contributed by atoms with Crippen molar-refractivity contribution in [1.82, 2.24) is 15.5 Å². The maximum atomic E-state index is 13.0. The quantitative estimate of drug-likeness (QED) is 0.601. The van der Waals surface area contributed by atoms with Crippen LogP contribution in [0.2, 0.25) is 0 Å². The highest BCUT2D eigenvalue weighted by molar-refractivity contribution is 5.90. The minimum Gasteiger partial charge on any atom is -0.444 e. The van der Waals surface area contributed by atoms with E-state index >= 15 is 0 Å².